The first kappa shape index (κ1) is 17.4. The summed E-state index contributed by atoms with van der Waals surface area (Å²) in [4.78, 5) is 17.6. The van der Waals surface area contributed by atoms with E-state index < -0.39 is 11.8 Å². The van der Waals surface area contributed by atoms with E-state index in [1.807, 2.05) is 7.05 Å². The van der Waals surface area contributed by atoms with Gasteiger partial charge in [-0.1, -0.05) is 6.92 Å². The molecular formula is C16H20FN3O2S. The van der Waals surface area contributed by atoms with Crippen LogP contribution in [-0.2, 0) is 0 Å². The fourth-order valence-electron chi connectivity index (χ4n) is 2.21. The van der Waals surface area contributed by atoms with Crippen molar-refractivity contribution in [2.75, 3.05) is 31.6 Å². The van der Waals surface area contributed by atoms with Gasteiger partial charge in [-0.05, 0) is 31.7 Å². The van der Waals surface area contributed by atoms with E-state index >= 15 is 0 Å². The molecule has 2 N–H and O–H groups in total. The minimum absolute atomic E-state index is 0.0664. The van der Waals surface area contributed by atoms with Crippen molar-refractivity contribution in [1.82, 2.24) is 10.3 Å². The maximum absolute atomic E-state index is 14.1. The summed E-state index contributed by atoms with van der Waals surface area (Å²) in [5, 5.41) is 14.7. The monoisotopic (exact) mass is 337 g/mol. The molecule has 0 aliphatic carbocycles. The van der Waals surface area contributed by atoms with E-state index in [4.69, 9.17) is 5.11 Å². The highest BCUT2D eigenvalue weighted by atomic mass is 32.1. The molecule has 0 unspecified atom stereocenters. The van der Waals surface area contributed by atoms with Crippen molar-refractivity contribution in [3.8, 4) is 11.3 Å². The third kappa shape index (κ3) is 4.27. The highest BCUT2D eigenvalue weighted by Crippen LogP contribution is 2.29. The largest absolute Gasteiger partial charge is 0.478 e. The topological polar surface area (TPSA) is 65.5 Å². The van der Waals surface area contributed by atoms with E-state index in [2.05, 4.69) is 22.1 Å². The van der Waals surface area contributed by atoms with Crippen molar-refractivity contribution in [3.63, 3.8) is 0 Å². The lowest BCUT2D eigenvalue weighted by Gasteiger charge is -2.20. The molecule has 0 aliphatic rings. The molecule has 0 fully saturated rings. The molecule has 0 aliphatic heterocycles. The van der Waals surface area contributed by atoms with Gasteiger partial charge < -0.3 is 15.3 Å². The molecule has 0 atom stereocenters. The number of carboxylic acid groups (broad SMARTS) is 1. The molecule has 1 heterocycles. The number of hydrogen-bond donors (Lipinski definition) is 2. The summed E-state index contributed by atoms with van der Waals surface area (Å²) in [6.45, 7) is 4.66. The Morgan fingerprint density at radius 3 is 2.83 bits per heavy atom. The van der Waals surface area contributed by atoms with E-state index in [9.17, 15) is 9.18 Å². The number of benzene rings is 1. The Hall–Kier alpha value is -1.99. The summed E-state index contributed by atoms with van der Waals surface area (Å²) in [5.74, 6) is -1.71. The number of aromatic carboxylic acids is 1. The number of nitrogens with zero attached hydrogens (tertiary/aromatic N) is 2. The van der Waals surface area contributed by atoms with Gasteiger partial charge in [-0.15, -0.1) is 11.3 Å². The van der Waals surface area contributed by atoms with E-state index in [-0.39, 0.29) is 5.56 Å². The SMILES string of the molecule is CCCN(CCNC)c1nc(-c2ccc(C(=O)O)cc2F)cs1. The van der Waals surface area contributed by atoms with Gasteiger partial charge in [0.15, 0.2) is 5.13 Å². The van der Waals surface area contributed by atoms with Crippen LogP contribution in [0.25, 0.3) is 11.3 Å². The molecule has 0 amide bonds. The summed E-state index contributed by atoms with van der Waals surface area (Å²) in [6, 6.07) is 3.89. The Bertz CT molecular complexity index is 675. The Morgan fingerprint density at radius 2 is 2.22 bits per heavy atom. The van der Waals surface area contributed by atoms with Crippen LogP contribution in [0.2, 0.25) is 0 Å². The second-order valence-corrected chi connectivity index (χ2v) is 5.94. The number of rotatable bonds is 8. The minimum atomic E-state index is -1.14. The number of carbonyl (C=O) groups is 1. The van der Waals surface area contributed by atoms with Crippen LogP contribution in [0.15, 0.2) is 23.6 Å². The lowest BCUT2D eigenvalue weighted by Crippen LogP contribution is -2.31. The third-order valence-electron chi connectivity index (χ3n) is 3.38. The van der Waals surface area contributed by atoms with Crippen LogP contribution in [0.3, 0.4) is 0 Å². The first-order valence-electron chi connectivity index (χ1n) is 7.45. The molecule has 5 nitrogen and oxygen atoms in total. The van der Waals surface area contributed by atoms with Crippen LogP contribution < -0.4 is 10.2 Å². The molecule has 2 aromatic rings. The normalized spacial score (nSPS) is 10.7. The van der Waals surface area contributed by atoms with Gasteiger partial charge in [-0.25, -0.2) is 14.2 Å². The lowest BCUT2D eigenvalue weighted by molar-refractivity contribution is 0.0696. The first-order chi connectivity index (χ1) is 11.1. The Morgan fingerprint density at radius 1 is 1.43 bits per heavy atom. The van der Waals surface area contributed by atoms with Crippen molar-refractivity contribution >= 4 is 22.4 Å². The fraction of sp³-hybridized carbons (Fsp3) is 0.375. The van der Waals surface area contributed by atoms with Gasteiger partial charge in [0.25, 0.3) is 0 Å². The van der Waals surface area contributed by atoms with Gasteiger partial charge in [0, 0.05) is 30.6 Å². The molecule has 0 saturated carbocycles. The van der Waals surface area contributed by atoms with Crippen LogP contribution in [0.5, 0.6) is 0 Å². The smallest absolute Gasteiger partial charge is 0.335 e. The van der Waals surface area contributed by atoms with Gasteiger partial charge in [-0.3, -0.25) is 0 Å². The van der Waals surface area contributed by atoms with Crippen LogP contribution >= 0.6 is 11.3 Å². The van der Waals surface area contributed by atoms with E-state index in [0.717, 1.165) is 37.3 Å². The van der Waals surface area contributed by atoms with Crippen LogP contribution in [0, 0.1) is 5.82 Å². The lowest BCUT2D eigenvalue weighted by atomic mass is 10.1. The number of nitrogens with one attached hydrogen (secondary N) is 1. The number of anilines is 1. The van der Waals surface area contributed by atoms with Crippen LogP contribution in [0.4, 0.5) is 9.52 Å². The molecule has 23 heavy (non-hydrogen) atoms. The predicted octanol–water partition coefficient (Wildman–Crippen LogP) is 3.08. The average Bonchev–Trinajstić information content (AvgIpc) is 3.00. The fourth-order valence-corrected chi connectivity index (χ4v) is 3.09. The average molecular weight is 337 g/mol. The van der Waals surface area contributed by atoms with Crippen molar-refractivity contribution in [2.24, 2.45) is 0 Å². The molecule has 124 valence electrons. The molecule has 2 rings (SSSR count). The number of aromatic nitrogens is 1. The zero-order chi connectivity index (χ0) is 16.8. The summed E-state index contributed by atoms with van der Waals surface area (Å²) in [6.07, 6.45) is 1.00. The van der Waals surface area contributed by atoms with Gasteiger partial charge in [-0.2, -0.15) is 0 Å². The third-order valence-corrected chi connectivity index (χ3v) is 4.28. The zero-order valence-corrected chi connectivity index (χ0v) is 14.0. The van der Waals surface area contributed by atoms with Gasteiger partial charge in [0.2, 0.25) is 0 Å². The second-order valence-electron chi connectivity index (χ2n) is 5.11. The van der Waals surface area contributed by atoms with Crippen molar-refractivity contribution in [3.05, 3.63) is 35.0 Å². The van der Waals surface area contributed by atoms with Crippen molar-refractivity contribution in [1.29, 1.82) is 0 Å². The minimum Gasteiger partial charge on any atom is -0.478 e. The van der Waals surface area contributed by atoms with E-state index in [1.165, 1.54) is 23.5 Å². The predicted molar refractivity (Wildman–Crippen MR) is 90.9 cm³/mol. The molecule has 0 saturated heterocycles. The number of halogens is 1. The molecule has 1 aromatic carbocycles. The maximum atomic E-state index is 14.1. The molecule has 7 heteroatoms. The number of carboxylic acids is 1. The Kier molecular flexibility index (Phi) is 6.06. The number of likely N-dealkylation sites (N-methyl/N-ethyl adjacent to an activating group) is 1. The molecule has 0 spiro atoms. The van der Waals surface area contributed by atoms with E-state index in [0.29, 0.717) is 11.3 Å². The highest BCUT2D eigenvalue weighted by molar-refractivity contribution is 7.14. The van der Waals surface area contributed by atoms with Gasteiger partial charge in [0.1, 0.15) is 5.82 Å². The molecule has 0 bridgehead atoms. The highest BCUT2D eigenvalue weighted by Gasteiger charge is 2.15. The van der Waals surface area contributed by atoms with Crippen LogP contribution in [-0.4, -0.2) is 42.7 Å². The summed E-state index contributed by atoms with van der Waals surface area (Å²) < 4.78 is 14.1. The second kappa shape index (κ2) is 8.03. The number of hydrogen-bond acceptors (Lipinski definition) is 5. The molecule has 0 radical (unpaired) electrons. The summed E-state index contributed by atoms with van der Waals surface area (Å²) >= 11 is 1.47. The quantitative estimate of drug-likeness (QED) is 0.775. The van der Waals surface area contributed by atoms with E-state index in [1.54, 1.807) is 5.38 Å². The Balaban J connectivity index is 2.25. The molecule has 1 aromatic heterocycles. The standard InChI is InChI=1S/C16H20FN3O2S/c1-3-7-20(8-6-18-2)16-19-14(10-23-16)12-5-4-11(15(21)22)9-13(12)17/h4-5,9-10,18H,3,6-8H2,1-2H3,(H,21,22). The maximum Gasteiger partial charge on any atom is 0.335 e. The Labute approximate surface area is 138 Å². The zero-order valence-electron chi connectivity index (χ0n) is 13.2. The van der Waals surface area contributed by atoms with Gasteiger partial charge >= 0.3 is 5.97 Å². The van der Waals surface area contributed by atoms with Crippen molar-refractivity contribution < 1.29 is 14.3 Å². The summed E-state index contributed by atoms with van der Waals surface area (Å²) in [5.41, 5.74) is 0.788. The molecular weight excluding hydrogens is 317 g/mol. The number of thiazole rings is 1. The summed E-state index contributed by atoms with van der Waals surface area (Å²) in [7, 11) is 1.90. The van der Waals surface area contributed by atoms with Crippen LogP contribution in [0.1, 0.15) is 23.7 Å². The van der Waals surface area contributed by atoms with Crippen molar-refractivity contribution in [2.45, 2.75) is 13.3 Å². The van der Waals surface area contributed by atoms with Gasteiger partial charge in [0.05, 0.1) is 11.3 Å². The first-order valence-corrected chi connectivity index (χ1v) is 8.33.